The Hall–Kier alpha value is -2.95. The van der Waals surface area contributed by atoms with Crippen LogP contribution in [0.2, 0.25) is 0 Å². The summed E-state index contributed by atoms with van der Waals surface area (Å²) >= 11 is 0. The first-order valence-electron chi connectivity index (χ1n) is 8.77. The second-order valence-electron chi connectivity index (χ2n) is 6.64. The molecule has 0 aliphatic carbocycles. The lowest BCUT2D eigenvalue weighted by Gasteiger charge is -2.37. The largest absolute Gasteiger partial charge is 0.490 e. The maximum absolute atomic E-state index is 12.9. The van der Waals surface area contributed by atoms with E-state index in [2.05, 4.69) is 16.0 Å². The van der Waals surface area contributed by atoms with Crippen LogP contribution < -0.4 is 16.0 Å². The van der Waals surface area contributed by atoms with Crippen molar-refractivity contribution >= 4 is 23.7 Å². The van der Waals surface area contributed by atoms with Gasteiger partial charge in [-0.25, -0.2) is 4.79 Å². The lowest BCUT2D eigenvalue weighted by Crippen LogP contribution is -2.54. The van der Waals surface area contributed by atoms with Gasteiger partial charge in [-0.3, -0.25) is 19.7 Å². The fourth-order valence-corrected chi connectivity index (χ4v) is 3.22. The summed E-state index contributed by atoms with van der Waals surface area (Å²) in [6.45, 7) is 1.50. The van der Waals surface area contributed by atoms with E-state index in [0.29, 0.717) is 12.8 Å². The van der Waals surface area contributed by atoms with E-state index in [1.807, 2.05) is 30.3 Å². The molecule has 3 rings (SSSR count). The van der Waals surface area contributed by atoms with Gasteiger partial charge in [-0.15, -0.1) is 0 Å². The molecular weight excluding hydrogens is 395 g/mol. The van der Waals surface area contributed by atoms with Crippen LogP contribution in [0.3, 0.4) is 0 Å². The second-order valence-corrected chi connectivity index (χ2v) is 6.64. The zero-order valence-corrected chi connectivity index (χ0v) is 15.2. The molecule has 11 heteroatoms. The SMILES string of the molecule is O=C(O)C(F)(F)F.O=C1CC(NC(=O)C2(c3ccccc3)CCNCC2)C(=O)N1. The molecule has 2 saturated heterocycles. The third-order valence-corrected chi connectivity index (χ3v) is 4.73. The molecule has 29 heavy (non-hydrogen) atoms. The summed E-state index contributed by atoms with van der Waals surface area (Å²) in [4.78, 5) is 44.8. The number of imide groups is 1. The van der Waals surface area contributed by atoms with Crippen LogP contribution in [0.4, 0.5) is 13.2 Å². The number of carbonyl (C=O) groups is 4. The molecule has 2 heterocycles. The fourth-order valence-electron chi connectivity index (χ4n) is 3.22. The second kappa shape index (κ2) is 9.03. The minimum absolute atomic E-state index is 0.0215. The summed E-state index contributed by atoms with van der Waals surface area (Å²) in [5.74, 6) is -3.69. The Morgan fingerprint density at radius 1 is 1.10 bits per heavy atom. The Kier molecular flexibility index (Phi) is 6.96. The van der Waals surface area contributed by atoms with Crippen LogP contribution in [0.5, 0.6) is 0 Å². The van der Waals surface area contributed by atoms with Crippen LogP contribution >= 0.6 is 0 Å². The lowest BCUT2D eigenvalue weighted by atomic mass is 9.72. The Balaban J connectivity index is 0.000000370. The number of piperidine rings is 1. The van der Waals surface area contributed by atoms with Crippen LogP contribution in [0.1, 0.15) is 24.8 Å². The smallest absolute Gasteiger partial charge is 0.475 e. The van der Waals surface area contributed by atoms with E-state index in [1.54, 1.807) is 0 Å². The first-order chi connectivity index (χ1) is 13.6. The van der Waals surface area contributed by atoms with Gasteiger partial charge in [0.05, 0.1) is 11.8 Å². The average Bonchev–Trinajstić information content (AvgIpc) is 2.99. The number of nitrogens with one attached hydrogen (secondary N) is 3. The number of benzene rings is 1. The number of carboxylic acid groups (broad SMARTS) is 1. The first kappa shape index (κ1) is 22.3. The van der Waals surface area contributed by atoms with Crippen molar-refractivity contribution in [3.63, 3.8) is 0 Å². The monoisotopic (exact) mass is 415 g/mol. The van der Waals surface area contributed by atoms with Crippen molar-refractivity contribution in [2.45, 2.75) is 36.9 Å². The number of amides is 3. The van der Waals surface area contributed by atoms with Gasteiger partial charge < -0.3 is 15.7 Å². The Labute approximate surface area is 163 Å². The molecule has 0 saturated carbocycles. The van der Waals surface area contributed by atoms with E-state index in [0.717, 1.165) is 18.7 Å². The van der Waals surface area contributed by atoms with Gasteiger partial charge in [0.25, 0.3) is 0 Å². The van der Waals surface area contributed by atoms with Gasteiger partial charge >= 0.3 is 12.1 Å². The lowest BCUT2D eigenvalue weighted by molar-refractivity contribution is -0.192. The summed E-state index contributed by atoms with van der Waals surface area (Å²) in [6.07, 6.45) is -3.72. The number of rotatable bonds is 3. The molecule has 2 aliphatic rings. The minimum Gasteiger partial charge on any atom is -0.475 e. The quantitative estimate of drug-likeness (QED) is 0.532. The van der Waals surface area contributed by atoms with Gasteiger partial charge in [-0.05, 0) is 31.5 Å². The average molecular weight is 415 g/mol. The summed E-state index contributed by atoms with van der Waals surface area (Å²) in [7, 11) is 0. The summed E-state index contributed by atoms with van der Waals surface area (Å²) < 4.78 is 31.7. The molecule has 158 valence electrons. The highest BCUT2D eigenvalue weighted by atomic mass is 19.4. The molecule has 2 aliphatic heterocycles. The molecule has 1 aromatic carbocycles. The maximum Gasteiger partial charge on any atom is 0.490 e. The van der Waals surface area contributed by atoms with Crippen LogP contribution in [0.25, 0.3) is 0 Å². The van der Waals surface area contributed by atoms with E-state index in [9.17, 15) is 27.6 Å². The predicted molar refractivity (Wildman–Crippen MR) is 93.6 cm³/mol. The van der Waals surface area contributed by atoms with Crippen molar-refractivity contribution in [2.24, 2.45) is 0 Å². The van der Waals surface area contributed by atoms with E-state index in [1.165, 1.54) is 0 Å². The van der Waals surface area contributed by atoms with Gasteiger partial charge in [-0.2, -0.15) is 13.2 Å². The fraction of sp³-hybridized carbons (Fsp3) is 0.444. The number of hydrogen-bond donors (Lipinski definition) is 4. The molecule has 1 aromatic rings. The van der Waals surface area contributed by atoms with Crippen LogP contribution in [0.15, 0.2) is 30.3 Å². The standard InChI is InChI=1S/C16H19N3O3.C2HF3O2/c20-13-10-12(14(21)19-13)18-15(22)16(6-8-17-9-7-16)11-4-2-1-3-5-11;3-2(4,5)1(6)7/h1-5,12,17H,6-10H2,(H,18,22)(H,19,20,21);(H,6,7). The van der Waals surface area contributed by atoms with Crippen LogP contribution in [-0.4, -0.2) is 54.1 Å². The molecular formula is C18H20F3N3O5. The first-order valence-corrected chi connectivity index (χ1v) is 8.77. The number of hydrogen-bond acceptors (Lipinski definition) is 5. The van der Waals surface area contributed by atoms with Crippen molar-refractivity contribution < 1.29 is 37.5 Å². The van der Waals surface area contributed by atoms with Gasteiger partial charge in [0.1, 0.15) is 6.04 Å². The predicted octanol–water partition coefficient (Wildman–Crippen LogP) is 0.472. The number of halogens is 3. The third kappa shape index (κ3) is 5.53. The highest BCUT2D eigenvalue weighted by Gasteiger charge is 2.43. The van der Waals surface area contributed by atoms with Gasteiger partial charge in [0.15, 0.2) is 0 Å². The highest BCUT2D eigenvalue weighted by Crippen LogP contribution is 2.34. The van der Waals surface area contributed by atoms with Crippen molar-refractivity contribution in [2.75, 3.05) is 13.1 Å². The van der Waals surface area contributed by atoms with Gasteiger partial charge in [-0.1, -0.05) is 30.3 Å². The zero-order valence-electron chi connectivity index (χ0n) is 15.2. The summed E-state index contributed by atoms with van der Waals surface area (Å²) in [6, 6.07) is 8.89. The van der Waals surface area contributed by atoms with Crippen molar-refractivity contribution in [3.8, 4) is 0 Å². The molecule has 8 nitrogen and oxygen atoms in total. The van der Waals surface area contributed by atoms with Crippen LogP contribution in [0, 0.1) is 0 Å². The molecule has 0 aromatic heterocycles. The molecule has 0 bridgehead atoms. The van der Waals surface area contributed by atoms with Gasteiger partial charge in [0.2, 0.25) is 17.7 Å². The topological polar surface area (TPSA) is 125 Å². The van der Waals surface area contributed by atoms with E-state index in [-0.39, 0.29) is 18.2 Å². The number of aliphatic carboxylic acids is 1. The highest BCUT2D eigenvalue weighted by molar-refractivity contribution is 6.07. The molecule has 2 fully saturated rings. The molecule has 0 spiro atoms. The normalized spacial score (nSPS) is 20.9. The zero-order chi connectivity index (χ0) is 21.7. The van der Waals surface area contributed by atoms with E-state index in [4.69, 9.17) is 9.90 Å². The molecule has 0 radical (unpaired) electrons. The number of carboxylic acids is 1. The van der Waals surface area contributed by atoms with E-state index < -0.39 is 29.5 Å². The Morgan fingerprint density at radius 2 is 1.66 bits per heavy atom. The Morgan fingerprint density at radius 3 is 2.10 bits per heavy atom. The minimum atomic E-state index is -5.08. The van der Waals surface area contributed by atoms with Crippen molar-refractivity contribution in [1.82, 2.24) is 16.0 Å². The molecule has 4 N–H and O–H groups in total. The number of alkyl halides is 3. The van der Waals surface area contributed by atoms with E-state index >= 15 is 0 Å². The molecule has 3 amide bonds. The third-order valence-electron chi connectivity index (χ3n) is 4.73. The maximum atomic E-state index is 12.9. The molecule has 1 atom stereocenters. The van der Waals surface area contributed by atoms with Crippen LogP contribution in [-0.2, 0) is 24.6 Å². The number of carbonyl (C=O) groups excluding carboxylic acids is 3. The van der Waals surface area contributed by atoms with Gasteiger partial charge in [0, 0.05) is 0 Å². The summed E-state index contributed by atoms with van der Waals surface area (Å²) in [5.41, 5.74) is 0.317. The summed E-state index contributed by atoms with van der Waals surface area (Å²) in [5, 5.41) is 15.4. The molecule has 1 unspecified atom stereocenters. The van der Waals surface area contributed by atoms with Crippen molar-refractivity contribution in [3.05, 3.63) is 35.9 Å². The van der Waals surface area contributed by atoms with Crippen molar-refractivity contribution in [1.29, 1.82) is 0 Å². The Bertz CT molecular complexity index is 777.